The van der Waals surface area contributed by atoms with Crippen molar-refractivity contribution in [1.29, 1.82) is 0 Å². The first-order valence-electron chi connectivity index (χ1n) is 6.19. The van der Waals surface area contributed by atoms with E-state index in [1.165, 1.54) is 0 Å². The molecule has 7 heteroatoms. The molecule has 3 heterocycles. The average molecular weight is 252 g/mol. The van der Waals surface area contributed by atoms with Gasteiger partial charge in [0.2, 0.25) is 11.8 Å². The van der Waals surface area contributed by atoms with Gasteiger partial charge in [0.25, 0.3) is 0 Å². The van der Waals surface area contributed by atoms with Gasteiger partial charge >= 0.3 is 0 Å². The highest BCUT2D eigenvalue weighted by Crippen LogP contribution is 2.43. The average Bonchev–Trinajstić information content (AvgIpc) is 3.03. The number of aromatic nitrogens is 2. The SMILES string of the molecule is NC(=O)CNCc1nc(C2CC3CCC2O3)no1. The lowest BCUT2D eigenvalue weighted by Crippen LogP contribution is -2.28. The van der Waals surface area contributed by atoms with E-state index in [4.69, 9.17) is 15.0 Å². The molecule has 2 fully saturated rings. The molecule has 0 saturated carbocycles. The summed E-state index contributed by atoms with van der Waals surface area (Å²) in [7, 11) is 0. The van der Waals surface area contributed by atoms with Crippen LogP contribution in [0, 0.1) is 0 Å². The lowest BCUT2D eigenvalue weighted by molar-refractivity contribution is -0.117. The topological polar surface area (TPSA) is 103 Å². The first-order valence-corrected chi connectivity index (χ1v) is 6.19. The number of carbonyl (C=O) groups excluding carboxylic acids is 1. The van der Waals surface area contributed by atoms with E-state index in [0.29, 0.717) is 18.5 Å². The van der Waals surface area contributed by atoms with Crippen molar-refractivity contribution in [2.24, 2.45) is 5.73 Å². The minimum absolute atomic E-state index is 0.106. The van der Waals surface area contributed by atoms with Crippen LogP contribution in [0.5, 0.6) is 0 Å². The van der Waals surface area contributed by atoms with Gasteiger partial charge in [-0.05, 0) is 19.3 Å². The summed E-state index contributed by atoms with van der Waals surface area (Å²) < 4.78 is 10.9. The van der Waals surface area contributed by atoms with Gasteiger partial charge in [0.15, 0.2) is 5.82 Å². The first-order chi connectivity index (χ1) is 8.72. The lowest BCUT2D eigenvalue weighted by Gasteiger charge is -2.13. The molecule has 98 valence electrons. The monoisotopic (exact) mass is 252 g/mol. The van der Waals surface area contributed by atoms with Crippen LogP contribution in [0.4, 0.5) is 0 Å². The fourth-order valence-corrected chi connectivity index (χ4v) is 2.69. The zero-order valence-corrected chi connectivity index (χ0v) is 9.96. The normalized spacial score (nSPS) is 29.9. The molecule has 2 bridgehead atoms. The Morgan fingerprint density at radius 1 is 1.50 bits per heavy atom. The van der Waals surface area contributed by atoms with Gasteiger partial charge in [0.1, 0.15) is 0 Å². The predicted octanol–water partition coefficient (Wildman–Crippen LogP) is -0.321. The number of nitrogens with two attached hydrogens (primary N) is 1. The van der Waals surface area contributed by atoms with Gasteiger partial charge in [-0.25, -0.2) is 0 Å². The summed E-state index contributed by atoms with van der Waals surface area (Å²) >= 11 is 0. The van der Waals surface area contributed by atoms with Crippen molar-refractivity contribution in [3.8, 4) is 0 Å². The molecule has 1 aromatic heterocycles. The van der Waals surface area contributed by atoms with Crippen molar-refractivity contribution < 1.29 is 14.1 Å². The molecule has 3 rings (SSSR count). The summed E-state index contributed by atoms with van der Waals surface area (Å²) in [5.41, 5.74) is 5.02. The molecule has 2 aliphatic heterocycles. The third kappa shape index (κ3) is 2.23. The molecule has 3 unspecified atom stereocenters. The number of hydrogen-bond donors (Lipinski definition) is 2. The van der Waals surface area contributed by atoms with E-state index >= 15 is 0 Å². The van der Waals surface area contributed by atoms with E-state index in [1.807, 2.05) is 0 Å². The van der Waals surface area contributed by atoms with Gasteiger partial charge in [0.05, 0.1) is 31.2 Å². The van der Waals surface area contributed by atoms with Crippen LogP contribution in [0.2, 0.25) is 0 Å². The van der Waals surface area contributed by atoms with Gasteiger partial charge in [-0.3, -0.25) is 10.1 Å². The maximum Gasteiger partial charge on any atom is 0.240 e. The molecule has 3 N–H and O–H groups in total. The summed E-state index contributed by atoms with van der Waals surface area (Å²) in [5.74, 6) is 1.06. The van der Waals surface area contributed by atoms with E-state index < -0.39 is 5.91 Å². The number of nitrogens with one attached hydrogen (secondary N) is 1. The molecule has 3 atom stereocenters. The third-order valence-corrected chi connectivity index (χ3v) is 3.50. The maximum absolute atomic E-state index is 10.6. The number of amides is 1. The number of carbonyl (C=O) groups is 1. The number of ether oxygens (including phenoxy) is 1. The van der Waals surface area contributed by atoms with Crippen LogP contribution < -0.4 is 11.1 Å². The Bertz CT molecular complexity index is 447. The van der Waals surface area contributed by atoms with Crippen LogP contribution in [0.1, 0.15) is 36.9 Å². The molecule has 1 aromatic rings. The van der Waals surface area contributed by atoms with Crippen LogP contribution in [-0.2, 0) is 16.1 Å². The predicted molar refractivity (Wildman–Crippen MR) is 60.5 cm³/mol. The van der Waals surface area contributed by atoms with Crippen molar-refractivity contribution in [2.45, 2.75) is 43.9 Å². The van der Waals surface area contributed by atoms with Crippen LogP contribution in [0.15, 0.2) is 4.52 Å². The molecule has 0 aliphatic carbocycles. The quantitative estimate of drug-likeness (QED) is 0.744. The highest BCUT2D eigenvalue weighted by Gasteiger charge is 2.43. The molecule has 7 nitrogen and oxygen atoms in total. The fraction of sp³-hybridized carbons (Fsp3) is 0.727. The minimum atomic E-state index is -0.406. The van der Waals surface area contributed by atoms with Crippen LogP contribution in [-0.4, -0.2) is 34.8 Å². The van der Waals surface area contributed by atoms with Gasteiger partial charge in [-0.15, -0.1) is 0 Å². The molecule has 1 amide bonds. The summed E-state index contributed by atoms with van der Waals surface area (Å²) in [6.07, 6.45) is 3.83. The summed E-state index contributed by atoms with van der Waals surface area (Å²) in [4.78, 5) is 14.9. The van der Waals surface area contributed by atoms with E-state index in [-0.39, 0.29) is 18.6 Å². The number of nitrogens with zero attached hydrogens (tertiary/aromatic N) is 2. The van der Waals surface area contributed by atoms with Crippen LogP contribution in [0.3, 0.4) is 0 Å². The number of hydrogen-bond acceptors (Lipinski definition) is 6. The van der Waals surface area contributed by atoms with Crippen LogP contribution in [0.25, 0.3) is 0 Å². The standard InChI is InChI=1S/C11H16N4O3/c12-9(16)4-13-5-10-14-11(15-18-10)7-3-6-1-2-8(7)17-6/h6-8,13H,1-5H2,(H2,12,16). The van der Waals surface area contributed by atoms with Gasteiger partial charge < -0.3 is 15.0 Å². The van der Waals surface area contributed by atoms with Crippen molar-refractivity contribution in [3.63, 3.8) is 0 Å². The van der Waals surface area contributed by atoms with E-state index in [2.05, 4.69) is 15.5 Å². The number of fused-ring (bicyclic) bond motifs is 2. The summed E-state index contributed by atoms with van der Waals surface area (Å²) in [6, 6.07) is 0. The smallest absolute Gasteiger partial charge is 0.240 e. The Balaban J connectivity index is 1.58. The van der Waals surface area contributed by atoms with Gasteiger partial charge in [0, 0.05) is 0 Å². The van der Waals surface area contributed by atoms with E-state index in [0.717, 1.165) is 25.1 Å². The minimum Gasteiger partial charge on any atom is -0.374 e. The largest absolute Gasteiger partial charge is 0.374 e. The molecule has 2 aliphatic rings. The number of rotatable bonds is 5. The second-order valence-corrected chi connectivity index (χ2v) is 4.83. The molecule has 18 heavy (non-hydrogen) atoms. The zero-order valence-electron chi connectivity index (χ0n) is 9.96. The Morgan fingerprint density at radius 2 is 2.39 bits per heavy atom. The zero-order chi connectivity index (χ0) is 12.5. The highest BCUT2D eigenvalue weighted by atomic mass is 16.5. The first kappa shape index (κ1) is 11.6. The van der Waals surface area contributed by atoms with Crippen molar-refractivity contribution in [3.05, 3.63) is 11.7 Å². The van der Waals surface area contributed by atoms with E-state index in [1.54, 1.807) is 0 Å². The van der Waals surface area contributed by atoms with E-state index in [9.17, 15) is 4.79 Å². The second-order valence-electron chi connectivity index (χ2n) is 4.83. The summed E-state index contributed by atoms with van der Waals surface area (Å²) in [6.45, 7) is 0.465. The number of primary amides is 1. The molecule has 0 aromatic carbocycles. The van der Waals surface area contributed by atoms with Gasteiger partial charge in [-0.2, -0.15) is 4.98 Å². The summed E-state index contributed by atoms with van der Waals surface area (Å²) in [5, 5.41) is 6.83. The maximum atomic E-state index is 10.6. The highest BCUT2D eigenvalue weighted by molar-refractivity contribution is 5.75. The lowest BCUT2D eigenvalue weighted by atomic mass is 9.89. The Morgan fingerprint density at radius 3 is 3.06 bits per heavy atom. The molecular formula is C11H16N4O3. The van der Waals surface area contributed by atoms with Crippen molar-refractivity contribution in [2.75, 3.05) is 6.54 Å². The third-order valence-electron chi connectivity index (χ3n) is 3.50. The molecule has 0 radical (unpaired) electrons. The Labute approximate surface area is 104 Å². The Hall–Kier alpha value is -1.47. The van der Waals surface area contributed by atoms with Crippen molar-refractivity contribution in [1.82, 2.24) is 15.5 Å². The molecule has 0 spiro atoms. The van der Waals surface area contributed by atoms with Crippen molar-refractivity contribution >= 4 is 5.91 Å². The fourth-order valence-electron chi connectivity index (χ4n) is 2.69. The van der Waals surface area contributed by atoms with Gasteiger partial charge in [-0.1, -0.05) is 5.16 Å². The Kier molecular flexibility index (Phi) is 3.00. The second kappa shape index (κ2) is 4.66. The van der Waals surface area contributed by atoms with Crippen LogP contribution >= 0.6 is 0 Å². The molecule has 2 saturated heterocycles. The molecular weight excluding hydrogens is 236 g/mol.